The Bertz CT molecular complexity index is 733. The summed E-state index contributed by atoms with van der Waals surface area (Å²) < 4.78 is 10.3. The van der Waals surface area contributed by atoms with Crippen LogP contribution in [0, 0.1) is 17.0 Å². The standard InChI is InChI=1S/C17H15NO5/c1-12-3-9-15(10-4-12)23-16(11-17(19)22-2)13-5-7-14(8-6-13)18(20)21/h3-11H,1-2H3/b16-11+. The lowest BCUT2D eigenvalue weighted by molar-refractivity contribution is -0.384. The molecule has 0 radical (unpaired) electrons. The fourth-order valence-corrected chi connectivity index (χ4v) is 1.82. The van der Waals surface area contributed by atoms with E-state index in [0.717, 1.165) is 5.56 Å². The largest absolute Gasteiger partial charge is 0.466 e. The van der Waals surface area contributed by atoms with E-state index in [1.54, 1.807) is 12.1 Å². The molecule has 0 aliphatic heterocycles. The molecule has 0 aromatic heterocycles. The maximum Gasteiger partial charge on any atom is 0.334 e. The van der Waals surface area contributed by atoms with Crippen molar-refractivity contribution in [3.8, 4) is 5.75 Å². The van der Waals surface area contributed by atoms with Crippen LogP contribution in [-0.2, 0) is 9.53 Å². The van der Waals surface area contributed by atoms with Crippen molar-refractivity contribution in [1.82, 2.24) is 0 Å². The van der Waals surface area contributed by atoms with Gasteiger partial charge in [-0.05, 0) is 31.2 Å². The minimum Gasteiger partial charge on any atom is -0.466 e. The van der Waals surface area contributed by atoms with Crippen molar-refractivity contribution >= 4 is 17.4 Å². The summed E-state index contributed by atoms with van der Waals surface area (Å²) in [5.74, 6) is 0.213. The van der Waals surface area contributed by atoms with Gasteiger partial charge in [0.1, 0.15) is 11.5 Å². The van der Waals surface area contributed by atoms with Gasteiger partial charge < -0.3 is 9.47 Å². The lowest BCUT2D eigenvalue weighted by Gasteiger charge is -2.10. The van der Waals surface area contributed by atoms with E-state index in [9.17, 15) is 14.9 Å². The molecule has 0 fully saturated rings. The van der Waals surface area contributed by atoms with Crippen molar-refractivity contribution in [3.63, 3.8) is 0 Å². The molecule has 0 amide bonds. The summed E-state index contributed by atoms with van der Waals surface area (Å²) in [6, 6.07) is 13.0. The van der Waals surface area contributed by atoms with Crippen molar-refractivity contribution in [3.05, 3.63) is 75.8 Å². The SMILES string of the molecule is COC(=O)/C=C(/Oc1ccc(C)cc1)c1ccc([N+](=O)[O-])cc1. The molecule has 118 valence electrons. The molecule has 0 saturated heterocycles. The van der Waals surface area contributed by atoms with Gasteiger partial charge in [-0.2, -0.15) is 0 Å². The van der Waals surface area contributed by atoms with Crippen LogP contribution < -0.4 is 4.74 Å². The number of hydrogen-bond acceptors (Lipinski definition) is 5. The lowest BCUT2D eigenvalue weighted by Crippen LogP contribution is -2.02. The Morgan fingerprint density at radius 1 is 1.09 bits per heavy atom. The molecule has 2 rings (SSSR count). The summed E-state index contributed by atoms with van der Waals surface area (Å²) in [6.07, 6.45) is 1.20. The molecule has 2 aromatic carbocycles. The van der Waals surface area contributed by atoms with Gasteiger partial charge in [0.05, 0.1) is 18.1 Å². The lowest BCUT2D eigenvalue weighted by atomic mass is 10.1. The number of nitro groups is 1. The maximum absolute atomic E-state index is 11.5. The number of rotatable bonds is 5. The number of hydrogen-bond donors (Lipinski definition) is 0. The van der Waals surface area contributed by atoms with Crippen molar-refractivity contribution in [1.29, 1.82) is 0 Å². The second-order valence-corrected chi connectivity index (χ2v) is 4.75. The van der Waals surface area contributed by atoms with Gasteiger partial charge in [0.25, 0.3) is 5.69 Å². The first-order valence-electron chi connectivity index (χ1n) is 6.78. The topological polar surface area (TPSA) is 78.7 Å². The first kappa shape index (κ1) is 16.2. The number of methoxy groups -OCH3 is 1. The summed E-state index contributed by atoms with van der Waals surface area (Å²) in [4.78, 5) is 21.8. The Balaban J connectivity index is 2.33. The van der Waals surface area contributed by atoms with Crippen LogP contribution in [0.15, 0.2) is 54.6 Å². The molecule has 0 aliphatic rings. The molecule has 6 heteroatoms. The van der Waals surface area contributed by atoms with Crippen LogP contribution in [0.3, 0.4) is 0 Å². The third kappa shape index (κ3) is 4.41. The van der Waals surface area contributed by atoms with Crippen LogP contribution in [0.4, 0.5) is 5.69 Å². The van der Waals surface area contributed by atoms with E-state index in [-0.39, 0.29) is 11.4 Å². The predicted octanol–water partition coefficient (Wildman–Crippen LogP) is 3.50. The number of non-ortho nitro benzene ring substituents is 1. The van der Waals surface area contributed by atoms with Crippen LogP contribution in [0.5, 0.6) is 5.75 Å². The molecule has 0 spiro atoms. The number of carbonyl (C=O) groups excluding carboxylic acids is 1. The fourth-order valence-electron chi connectivity index (χ4n) is 1.82. The zero-order valence-corrected chi connectivity index (χ0v) is 12.7. The normalized spacial score (nSPS) is 11.0. The van der Waals surface area contributed by atoms with E-state index in [1.807, 2.05) is 19.1 Å². The van der Waals surface area contributed by atoms with Crippen LogP contribution >= 0.6 is 0 Å². The zero-order chi connectivity index (χ0) is 16.8. The summed E-state index contributed by atoms with van der Waals surface area (Å²) >= 11 is 0. The van der Waals surface area contributed by atoms with Crippen LogP contribution in [0.25, 0.3) is 5.76 Å². The van der Waals surface area contributed by atoms with E-state index in [1.165, 1.54) is 37.5 Å². The van der Waals surface area contributed by atoms with Gasteiger partial charge in [0.15, 0.2) is 0 Å². The smallest absolute Gasteiger partial charge is 0.334 e. The molecular weight excluding hydrogens is 298 g/mol. The van der Waals surface area contributed by atoms with Gasteiger partial charge >= 0.3 is 5.97 Å². The average molecular weight is 313 g/mol. The fraction of sp³-hybridized carbons (Fsp3) is 0.118. The number of carbonyl (C=O) groups is 1. The van der Waals surface area contributed by atoms with E-state index in [4.69, 9.17) is 4.74 Å². The highest BCUT2D eigenvalue weighted by molar-refractivity contribution is 5.90. The monoisotopic (exact) mass is 313 g/mol. The summed E-state index contributed by atoms with van der Waals surface area (Å²) in [5.41, 5.74) is 1.56. The second-order valence-electron chi connectivity index (χ2n) is 4.75. The minimum absolute atomic E-state index is 0.0403. The Hall–Kier alpha value is -3.15. The molecule has 6 nitrogen and oxygen atoms in total. The Morgan fingerprint density at radius 3 is 2.22 bits per heavy atom. The van der Waals surface area contributed by atoms with Gasteiger partial charge in [-0.15, -0.1) is 0 Å². The molecule has 0 unspecified atom stereocenters. The summed E-state index contributed by atoms with van der Waals surface area (Å²) in [7, 11) is 1.26. The van der Waals surface area contributed by atoms with Crippen LogP contribution in [0.2, 0.25) is 0 Å². The van der Waals surface area contributed by atoms with E-state index in [2.05, 4.69) is 4.74 Å². The minimum atomic E-state index is -0.578. The highest BCUT2D eigenvalue weighted by Crippen LogP contribution is 2.23. The van der Waals surface area contributed by atoms with Crippen molar-refractivity contribution in [2.45, 2.75) is 6.92 Å². The van der Waals surface area contributed by atoms with Gasteiger partial charge in [-0.1, -0.05) is 17.7 Å². The molecule has 23 heavy (non-hydrogen) atoms. The third-order valence-electron chi connectivity index (χ3n) is 3.06. The highest BCUT2D eigenvalue weighted by atomic mass is 16.6. The molecule has 0 atom stereocenters. The van der Waals surface area contributed by atoms with Crippen molar-refractivity contribution in [2.24, 2.45) is 0 Å². The molecule has 0 aliphatic carbocycles. The number of esters is 1. The molecule has 0 N–H and O–H groups in total. The number of ether oxygens (including phenoxy) is 2. The zero-order valence-electron chi connectivity index (χ0n) is 12.7. The highest BCUT2D eigenvalue weighted by Gasteiger charge is 2.11. The molecule has 0 bridgehead atoms. The first-order valence-corrected chi connectivity index (χ1v) is 6.78. The Morgan fingerprint density at radius 2 is 1.70 bits per heavy atom. The number of nitro benzene ring substituents is 1. The van der Waals surface area contributed by atoms with Gasteiger partial charge in [0.2, 0.25) is 0 Å². The van der Waals surface area contributed by atoms with E-state index >= 15 is 0 Å². The van der Waals surface area contributed by atoms with Crippen molar-refractivity contribution < 1.29 is 19.2 Å². The number of benzene rings is 2. The maximum atomic E-state index is 11.5. The average Bonchev–Trinajstić information content (AvgIpc) is 2.56. The van der Waals surface area contributed by atoms with Crippen molar-refractivity contribution in [2.75, 3.05) is 7.11 Å². The van der Waals surface area contributed by atoms with Gasteiger partial charge in [0, 0.05) is 17.7 Å². The summed E-state index contributed by atoms with van der Waals surface area (Å²) in [6.45, 7) is 1.95. The molecule has 2 aromatic rings. The quantitative estimate of drug-likeness (QED) is 0.277. The Kier molecular flexibility index (Phi) is 5.09. The predicted molar refractivity (Wildman–Crippen MR) is 84.9 cm³/mol. The summed E-state index contributed by atoms with van der Waals surface area (Å²) in [5, 5.41) is 10.7. The number of aryl methyl sites for hydroxylation is 1. The Labute approximate surface area is 133 Å². The van der Waals surface area contributed by atoms with E-state index in [0.29, 0.717) is 11.3 Å². The number of nitrogens with zero attached hydrogens (tertiary/aromatic N) is 1. The molecule has 0 heterocycles. The van der Waals surface area contributed by atoms with Gasteiger partial charge in [-0.3, -0.25) is 10.1 Å². The van der Waals surface area contributed by atoms with E-state index < -0.39 is 10.9 Å². The van der Waals surface area contributed by atoms with Crippen LogP contribution in [-0.4, -0.2) is 18.0 Å². The first-order chi connectivity index (χ1) is 11.0. The van der Waals surface area contributed by atoms with Gasteiger partial charge in [-0.25, -0.2) is 4.79 Å². The third-order valence-corrected chi connectivity index (χ3v) is 3.06. The second kappa shape index (κ2) is 7.22. The van der Waals surface area contributed by atoms with Crippen LogP contribution in [0.1, 0.15) is 11.1 Å². The molecule has 0 saturated carbocycles. The molecular formula is C17H15NO5.